The monoisotopic (exact) mass is 453 g/mol. The van der Waals surface area contributed by atoms with Crippen LogP contribution in [-0.4, -0.2) is 51.0 Å². The highest BCUT2D eigenvalue weighted by Gasteiger charge is 2.32. The van der Waals surface area contributed by atoms with Crippen molar-refractivity contribution in [2.45, 2.75) is 62.8 Å². The largest absolute Gasteiger partial charge is 0.394 e. The maximum absolute atomic E-state index is 12.3. The van der Waals surface area contributed by atoms with Crippen LogP contribution in [0.4, 0.5) is 10.5 Å². The molecule has 8 nitrogen and oxygen atoms in total. The molecule has 30 heavy (non-hydrogen) atoms. The number of urea groups is 1. The molecule has 0 radical (unpaired) electrons. The van der Waals surface area contributed by atoms with Crippen LogP contribution in [0.1, 0.15) is 43.7 Å². The van der Waals surface area contributed by atoms with Gasteiger partial charge in [0.25, 0.3) is 0 Å². The van der Waals surface area contributed by atoms with E-state index in [4.69, 9.17) is 27.9 Å². The van der Waals surface area contributed by atoms with Crippen molar-refractivity contribution in [1.82, 2.24) is 20.3 Å². The minimum Gasteiger partial charge on any atom is -0.394 e. The number of anilines is 1. The molecule has 1 aliphatic carbocycles. The second kappa shape index (κ2) is 9.51. The van der Waals surface area contributed by atoms with Gasteiger partial charge in [-0.25, -0.2) is 4.79 Å². The third-order valence-electron chi connectivity index (χ3n) is 5.52. The molecular formula is C20H25Cl2N5O3. The molecule has 1 saturated carbocycles. The summed E-state index contributed by atoms with van der Waals surface area (Å²) in [6.07, 6.45) is 6.26. The minimum absolute atomic E-state index is 0.00640. The summed E-state index contributed by atoms with van der Waals surface area (Å²) in [4.78, 5) is 12.3. The Balaban J connectivity index is 1.25. The van der Waals surface area contributed by atoms with Crippen molar-refractivity contribution < 1.29 is 14.6 Å². The van der Waals surface area contributed by atoms with Gasteiger partial charge in [0.15, 0.2) is 0 Å². The molecule has 2 aromatic rings. The molecule has 2 amide bonds. The lowest BCUT2D eigenvalue weighted by Crippen LogP contribution is -2.52. The first-order valence-corrected chi connectivity index (χ1v) is 11.0. The fourth-order valence-electron chi connectivity index (χ4n) is 3.68. The van der Waals surface area contributed by atoms with Gasteiger partial charge in [-0.15, -0.1) is 5.10 Å². The van der Waals surface area contributed by atoms with Crippen molar-refractivity contribution in [2.75, 3.05) is 11.9 Å². The van der Waals surface area contributed by atoms with E-state index in [9.17, 15) is 9.90 Å². The van der Waals surface area contributed by atoms with Crippen molar-refractivity contribution in [1.29, 1.82) is 0 Å². The zero-order chi connectivity index (χ0) is 21.1. The first kappa shape index (κ1) is 21.4. The average molecular weight is 454 g/mol. The van der Waals surface area contributed by atoms with Crippen LogP contribution in [-0.2, 0) is 11.3 Å². The lowest BCUT2D eigenvalue weighted by molar-refractivity contribution is -0.0905. The molecule has 1 aromatic carbocycles. The minimum atomic E-state index is -0.457. The third-order valence-corrected chi connectivity index (χ3v) is 6.26. The summed E-state index contributed by atoms with van der Waals surface area (Å²) in [5.74, 6) is 0.588. The van der Waals surface area contributed by atoms with Crippen molar-refractivity contribution in [3.05, 3.63) is 40.1 Å². The van der Waals surface area contributed by atoms with Gasteiger partial charge in [0.1, 0.15) is 6.10 Å². The molecule has 0 spiro atoms. The van der Waals surface area contributed by atoms with E-state index in [0.717, 1.165) is 31.5 Å². The van der Waals surface area contributed by atoms with E-state index in [2.05, 4.69) is 20.9 Å². The molecule has 1 aromatic heterocycles. The Hall–Kier alpha value is -1.87. The molecule has 2 fully saturated rings. The number of amides is 2. The predicted octanol–water partition coefficient (Wildman–Crippen LogP) is 3.58. The van der Waals surface area contributed by atoms with Crippen LogP contribution in [0, 0.1) is 0 Å². The van der Waals surface area contributed by atoms with Crippen molar-refractivity contribution in [3.8, 4) is 0 Å². The van der Waals surface area contributed by atoms with E-state index >= 15 is 0 Å². The number of hydrogen-bond donors (Lipinski definition) is 3. The van der Waals surface area contributed by atoms with E-state index in [1.54, 1.807) is 18.2 Å². The van der Waals surface area contributed by atoms with Gasteiger partial charge in [-0.05, 0) is 50.3 Å². The smallest absolute Gasteiger partial charge is 0.319 e. The number of aryl methyl sites for hydroxylation is 1. The van der Waals surface area contributed by atoms with E-state index in [1.807, 2.05) is 10.9 Å². The van der Waals surface area contributed by atoms with Crippen LogP contribution >= 0.6 is 23.2 Å². The average Bonchev–Trinajstić information content (AvgIpc) is 3.48. The van der Waals surface area contributed by atoms with Crippen LogP contribution in [0.3, 0.4) is 0 Å². The number of rotatable bonds is 7. The lowest BCUT2D eigenvalue weighted by atomic mass is 9.97. The zero-order valence-corrected chi connectivity index (χ0v) is 17.9. The molecule has 4 rings (SSSR count). The standard InChI is InChI=1S/C20H25Cl2N5O3/c21-15-5-3-13(9-16(15)22)23-20(29)24-17-6-4-14(30-19(17)11-28)7-8-27-10-18(25-26-27)12-1-2-12/h3,5,9-10,12,14,17,19,28H,1-2,4,6-8,11H2,(H2,23,24,29)/t14-,17-,19+/m0/s1. The SMILES string of the molecule is O=C(Nc1ccc(Cl)c(Cl)c1)N[C@H]1CC[C@@H](CCn2cc(C3CC3)nn2)O[C@@H]1CO. The van der Waals surface area contributed by atoms with E-state index in [0.29, 0.717) is 21.7 Å². The summed E-state index contributed by atoms with van der Waals surface area (Å²) in [6.45, 7) is 0.557. The number of aliphatic hydroxyl groups is 1. The molecule has 3 N–H and O–H groups in total. The maximum atomic E-state index is 12.3. The second-order valence-electron chi connectivity index (χ2n) is 7.86. The highest BCUT2D eigenvalue weighted by Crippen LogP contribution is 2.38. The number of ether oxygens (including phenoxy) is 1. The first-order chi connectivity index (χ1) is 14.5. The molecule has 162 valence electrons. The van der Waals surface area contributed by atoms with E-state index < -0.39 is 6.10 Å². The first-order valence-electron chi connectivity index (χ1n) is 10.2. The van der Waals surface area contributed by atoms with Crippen LogP contribution in [0.25, 0.3) is 0 Å². The number of nitrogens with one attached hydrogen (secondary N) is 2. The molecule has 1 aliphatic heterocycles. The van der Waals surface area contributed by atoms with Crippen LogP contribution in [0.5, 0.6) is 0 Å². The number of halogens is 2. The highest BCUT2D eigenvalue weighted by atomic mass is 35.5. The fraction of sp³-hybridized carbons (Fsp3) is 0.550. The molecule has 0 unspecified atom stereocenters. The number of nitrogens with zero attached hydrogens (tertiary/aromatic N) is 3. The van der Waals surface area contributed by atoms with Crippen molar-refractivity contribution in [3.63, 3.8) is 0 Å². The second-order valence-corrected chi connectivity index (χ2v) is 8.67. The summed E-state index contributed by atoms with van der Waals surface area (Å²) >= 11 is 11.9. The topological polar surface area (TPSA) is 101 Å². The Labute approximate surface area is 184 Å². The zero-order valence-electron chi connectivity index (χ0n) is 16.4. The van der Waals surface area contributed by atoms with Gasteiger partial charge in [0, 0.05) is 24.3 Å². The Morgan fingerprint density at radius 1 is 1.23 bits per heavy atom. The number of aliphatic hydroxyl groups excluding tert-OH is 1. The summed E-state index contributed by atoms with van der Waals surface area (Å²) < 4.78 is 7.89. The van der Waals surface area contributed by atoms with Crippen LogP contribution in [0.15, 0.2) is 24.4 Å². The molecule has 0 bridgehead atoms. The number of carbonyl (C=O) groups is 1. The quantitative estimate of drug-likeness (QED) is 0.594. The molecule has 10 heteroatoms. The maximum Gasteiger partial charge on any atom is 0.319 e. The number of hydrogen-bond acceptors (Lipinski definition) is 5. The van der Waals surface area contributed by atoms with Gasteiger partial charge in [-0.1, -0.05) is 28.4 Å². The molecular weight excluding hydrogens is 429 g/mol. The van der Waals surface area contributed by atoms with E-state index in [1.165, 1.54) is 12.8 Å². The lowest BCUT2D eigenvalue weighted by Gasteiger charge is -2.36. The molecule has 2 aliphatic rings. The number of carbonyl (C=O) groups excluding carboxylic acids is 1. The van der Waals surface area contributed by atoms with Crippen LogP contribution < -0.4 is 10.6 Å². The summed E-state index contributed by atoms with van der Waals surface area (Å²) in [5.41, 5.74) is 1.61. The highest BCUT2D eigenvalue weighted by molar-refractivity contribution is 6.42. The van der Waals surface area contributed by atoms with Gasteiger partial charge < -0.3 is 20.5 Å². The Kier molecular flexibility index (Phi) is 6.77. The van der Waals surface area contributed by atoms with Gasteiger partial charge in [-0.3, -0.25) is 4.68 Å². The Bertz CT molecular complexity index is 889. The Morgan fingerprint density at radius 2 is 2.07 bits per heavy atom. The predicted molar refractivity (Wildman–Crippen MR) is 114 cm³/mol. The van der Waals surface area contributed by atoms with Gasteiger partial charge in [0.05, 0.1) is 34.5 Å². The fourth-order valence-corrected chi connectivity index (χ4v) is 3.98. The van der Waals surface area contributed by atoms with Gasteiger partial charge in [-0.2, -0.15) is 0 Å². The third kappa shape index (κ3) is 5.43. The van der Waals surface area contributed by atoms with Crippen LogP contribution in [0.2, 0.25) is 10.0 Å². The molecule has 1 saturated heterocycles. The molecule has 3 atom stereocenters. The summed E-state index contributed by atoms with van der Waals surface area (Å²) in [6, 6.07) is 4.21. The summed E-state index contributed by atoms with van der Waals surface area (Å²) in [7, 11) is 0. The van der Waals surface area contributed by atoms with Gasteiger partial charge >= 0.3 is 6.03 Å². The van der Waals surface area contributed by atoms with Crippen molar-refractivity contribution >= 4 is 34.9 Å². The number of aromatic nitrogens is 3. The Morgan fingerprint density at radius 3 is 2.80 bits per heavy atom. The molecule has 2 heterocycles. The van der Waals surface area contributed by atoms with E-state index in [-0.39, 0.29) is 24.8 Å². The summed E-state index contributed by atoms with van der Waals surface area (Å²) in [5, 5.41) is 24.6. The normalized spacial score (nSPS) is 23.9. The van der Waals surface area contributed by atoms with Gasteiger partial charge in [0.2, 0.25) is 0 Å². The van der Waals surface area contributed by atoms with Crippen molar-refractivity contribution in [2.24, 2.45) is 0 Å². The number of benzene rings is 1.